The van der Waals surface area contributed by atoms with Crippen molar-refractivity contribution >= 4 is 55.3 Å². The fraction of sp³-hybridized carbons (Fsp3) is 0.284. The zero-order chi connectivity index (χ0) is 48.3. The number of hydrogen-bond acceptors (Lipinski definition) is 4. The second kappa shape index (κ2) is 20.9. The Labute approximate surface area is 429 Å². The number of hydrogen-bond donors (Lipinski definition) is 0. The van der Waals surface area contributed by atoms with Gasteiger partial charge in [0, 0.05) is 47.2 Å². The normalized spacial score (nSPS) is 12.8. The number of unbranched alkanes of at least 4 members (excludes halogenated alkanes) is 10. The van der Waals surface area contributed by atoms with E-state index < -0.39 is 0 Å². The van der Waals surface area contributed by atoms with Gasteiger partial charge in [0.1, 0.15) is 0 Å². The smallest absolute Gasteiger partial charge is 0.0988 e. The van der Waals surface area contributed by atoms with Crippen LogP contribution in [0.15, 0.2) is 158 Å². The van der Waals surface area contributed by atoms with Crippen LogP contribution in [-0.4, -0.2) is 9.97 Å². The third-order valence-corrected chi connectivity index (χ3v) is 17.7. The molecule has 0 saturated heterocycles. The van der Waals surface area contributed by atoms with Gasteiger partial charge in [0.25, 0.3) is 0 Å². The largest absolute Gasteiger partial charge is 0.243 e. The number of nitrogens with zero attached hydrogens (tertiary/aromatic N) is 2. The Morgan fingerprint density at radius 2 is 0.873 bits per heavy atom. The SMILES string of the molecule is CCCCCCCCC1(CCCCCCCC)c2cc(C)ccc2-c2ccc(-c3ccc(-c4ccc(-c5ccc(C)s5)c5nc(-c6cccc7ccccc67)c(-c6cccc7ccccc67)nc45)s3)cc21. The Hall–Kier alpha value is -6.20. The van der Waals surface area contributed by atoms with Gasteiger partial charge in [-0.3, -0.25) is 0 Å². The van der Waals surface area contributed by atoms with E-state index in [1.54, 1.807) is 11.1 Å². The molecule has 0 saturated carbocycles. The molecule has 0 fully saturated rings. The molecule has 71 heavy (non-hydrogen) atoms. The van der Waals surface area contributed by atoms with Gasteiger partial charge < -0.3 is 0 Å². The topological polar surface area (TPSA) is 25.8 Å². The van der Waals surface area contributed by atoms with Gasteiger partial charge in [-0.2, -0.15) is 0 Å². The lowest BCUT2D eigenvalue weighted by molar-refractivity contribution is 0.398. The lowest BCUT2D eigenvalue weighted by Gasteiger charge is -2.33. The van der Waals surface area contributed by atoms with Crippen molar-refractivity contribution in [2.75, 3.05) is 0 Å². The van der Waals surface area contributed by atoms with Gasteiger partial charge in [0.05, 0.1) is 22.4 Å². The molecule has 4 heteroatoms. The predicted octanol–water partition coefficient (Wildman–Crippen LogP) is 20.8. The van der Waals surface area contributed by atoms with Gasteiger partial charge in [-0.05, 0) is 106 Å². The van der Waals surface area contributed by atoms with Crippen molar-refractivity contribution in [2.24, 2.45) is 0 Å². The van der Waals surface area contributed by atoms with E-state index in [2.05, 4.69) is 185 Å². The molecule has 0 atom stereocenters. The average Bonchev–Trinajstić information content (AvgIpc) is 4.14. The molecule has 0 unspecified atom stereocenters. The molecule has 3 heterocycles. The van der Waals surface area contributed by atoms with Crippen molar-refractivity contribution in [1.82, 2.24) is 9.97 Å². The first-order chi connectivity index (χ1) is 34.9. The number of benzene rings is 7. The molecule has 1 aliphatic rings. The van der Waals surface area contributed by atoms with Crippen LogP contribution in [0.2, 0.25) is 0 Å². The Bertz CT molecular complexity index is 3490. The molecule has 11 rings (SSSR count). The van der Waals surface area contributed by atoms with Gasteiger partial charge in [-0.1, -0.05) is 224 Å². The van der Waals surface area contributed by atoms with E-state index in [-0.39, 0.29) is 5.41 Å². The zero-order valence-electron chi connectivity index (χ0n) is 42.1. The summed E-state index contributed by atoms with van der Waals surface area (Å²) in [5, 5.41) is 4.73. The highest BCUT2D eigenvalue weighted by atomic mass is 32.1. The van der Waals surface area contributed by atoms with Crippen LogP contribution in [0.1, 0.15) is 125 Å². The Morgan fingerprint density at radius 3 is 1.45 bits per heavy atom. The van der Waals surface area contributed by atoms with Crippen molar-refractivity contribution < 1.29 is 0 Å². The number of thiophene rings is 2. The molecule has 0 N–H and O–H groups in total. The van der Waals surface area contributed by atoms with E-state index in [1.807, 2.05) is 22.7 Å². The Balaban J connectivity index is 1.06. The predicted molar refractivity (Wildman–Crippen MR) is 309 cm³/mol. The van der Waals surface area contributed by atoms with Crippen LogP contribution >= 0.6 is 22.7 Å². The summed E-state index contributed by atoms with van der Waals surface area (Å²) in [5.41, 5.74) is 16.9. The first-order valence-corrected chi connectivity index (χ1v) is 28.3. The summed E-state index contributed by atoms with van der Waals surface area (Å²) in [7, 11) is 0. The summed E-state index contributed by atoms with van der Waals surface area (Å²) >= 11 is 3.71. The minimum atomic E-state index is 0.0316. The minimum Gasteiger partial charge on any atom is -0.243 e. The Morgan fingerprint density at radius 1 is 0.394 bits per heavy atom. The zero-order valence-corrected chi connectivity index (χ0v) is 43.8. The Kier molecular flexibility index (Phi) is 13.9. The van der Waals surface area contributed by atoms with E-state index in [0.29, 0.717) is 0 Å². The van der Waals surface area contributed by atoms with Crippen LogP contribution in [0.5, 0.6) is 0 Å². The maximum absolute atomic E-state index is 5.88. The summed E-state index contributed by atoms with van der Waals surface area (Å²) in [6.07, 6.45) is 18.3. The maximum Gasteiger partial charge on any atom is 0.0988 e. The molecule has 1 aliphatic carbocycles. The third kappa shape index (κ3) is 9.19. The monoisotopic (exact) mass is 962 g/mol. The van der Waals surface area contributed by atoms with Gasteiger partial charge in [-0.15, -0.1) is 22.7 Å². The molecule has 0 bridgehead atoms. The fourth-order valence-electron chi connectivity index (χ4n) is 11.8. The van der Waals surface area contributed by atoms with Crippen LogP contribution in [0.3, 0.4) is 0 Å². The van der Waals surface area contributed by atoms with Crippen LogP contribution < -0.4 is 0 Å². The average molecular weight is 963 g/mol. The quantitative estimate of drug-likeness (QED) is 0.0755. The lowest BCUT2D eigenvalue weighted by atomic mass is 9.70. The second-order valence-corrected chi connectivity index (χ2v) is 22.7. The third-order valence-electron chi connectivity index (χ3n) is 15.5. The highest BCUT2D eigenvalue weighted by Gasteiger charge is 2.42. The van der Waals surface area contributed by atoms with Crippen LogP contribution in [0, 0.1) is 13.8 Å². The summed E-state index contributed by atoms with van der Waals surface area (Å²) < 4.78 is 0. The minimum absolute atomic E-state index is 0.0316. The van der Waals surface area contributed by atoms with E-state index >= 15 is 0 Å². The molecular weight excluding hydrogens is 897 g/mol. The molecule has 0 radical (unpaired) electrons. The van der Waals surface area contributed by atoms with Crippen molar-refractivity contribution in [1.29, 1.82) is 0 Å². The molecule has 0 spiro atoms. The van der Waals surface area contributed by atoms with Crippen molar-refractivity contribution in [2.45, 2.75) is 123 Å². The first kappa shape index (κ1) is 47.1. The number of rotatable bonds is 19. The summed E-state index contributed by atoms with van der Waals surface area (Å²) in [4.78, 5) is 16.7. The van der Waals surface area contributed by atoms with E-state index in [9.17, 15) is 0 Å². The molecule has 7 aromatic carbocycles. The van der Waals surface area contributed by atoms with Crippen LogP contribution in [0.4, 0.5) is 0 Å². The molecule has 2 nitrogen and oxygen atoms in total. The van der Waals surface area contributed by atoms with E-state index in [4.69, 9.17) is 9.97 Å². The molecular formula is C67H66N2S2. The van der Waals surface area contributed by atoms with Crippen molar-refractivity contribution in [3.05, 3.63) is 179 Å². The van der Waals surface area contributed by atoms with Gasteiger partial charge in [0.2, 0.25) is 0 Å². The summed E-state index contributed by atoms with van der Waals surface area (Å²) in [5.74, 6) is 0. The second-order valence-electron chi connectivity index (χ2n) is 20.3. The van der Waals surface area contributed by atoms with E-state index in [0.717, 1.165) is 44.7 Å². The first-order valence-electron chi connectivity index (χ1n) is 26.7. The number of aryl methyl sites for hydroxylation is 2. The van der Waals surface area contributed by atoms with Crippen LogP contribution in [0.25, 0.3) is 97.5 Å². The molecule has 356 valence electrons. The van der Waals surface area contributed by atoms with Crippen LogP contribution in [-0.2, 0) is 5.41 Å². The van der Waals surface area contributed by atoms with Crippen molar-refractivity contribution in [3.8, 4) is 65.0 Å². The van der Waals surface area contributed by atoms with E-state index in [1.165, 1.54) is 153 Å². The van der Waals surface area contributed by atoms with Gasteiger partial charge in [0.15, 0.2) is 0 Å². The molecule has 3 aromatic heterocycles. The molecule has 10 aromatic rings. The number of aromatic nitrogens is 2. The van der Waals surface area contributed by atoms with Gasteiger partial charge >= 0.3 is 0 Å². The lowest BCUT2D eigenvalue weighted by Crippen LogP contribution is -2.25. The maximum atomic E-state index is 5.88. The standard InChI is InChI=1S/C67H66N2S2/c1-5-7-9-11-13-19-41-67(42-20-14-12-10-8-6-2)58-43-45(3)31-34-52(58)53-35-33-49(44-59(53)67)60-39-40-62(71-60)57-37-36-56(61-38-32-46(4)70-61)65-66(57)69-64(55-30-22-26-48-24-16-18-28-51(48)55)63(68-65)54-29-21-25-47-23-15-17-27-50(47)54/h15-18,21-40,43-44H,5-14,19-20,41-42H2,1-4H3. The fourth-order valence-corrected chi connectivity index (χ4v) is 13.8. The van der Waals surface area contributed by atoms with Gasteiger partial charge in [-0.25, -0.2) is 9.97 Å². The highest BCUT2D eigenvalue weighted by molar-refractivity contribution is 7.19. The summed E-state index contributed by atoms with van der Waals surface area (Å²) in [6, 6.07) is 59.2. The van der Waals surface area contributed by atoms with Crippen molar-refractivity contribution in [3.63, 3.8) is 0 Å². The molecule has 0 aliphatic heterocycles. The highest BCUT2D eigenvalue weighted by Crippen LogP contribution is 2.56. The number of fused-ring (bicyclic) bond motifs is 6. The molecule has 0 amide bonds. The summed E-state index contributed by atoms with van der Waals surface area (Å²) in [6.45, 7) is 9.13.